The monoisotopic (exact) mass is 282 g/mol. The van der Waals surface area contributed by atoms with E-state index in [4.69, 9.17) is 5.11 Å². The van der Waals surface area contributed by atoms with Crippen molar-refractivity contribution in [3.63, 3.8) is 0 Å². The van der Waals surface area contributed by atoms with Crippen molar-refractivity contribution < 1.29 is 19.5 Å². The molecule has 0 aromatic rings. The van der Waals surface area contributed by atoms with Crippen molar-refractivity contribution in [2.45, 2.75) is 51.0 Å². The molecule has 2 aliphatic rings. The molecule has 0 aromatic heterocycles. The lowest BCUT2D eigenvalue weighted by molar-refractivity contribution is -0.147. The van der Waals surface area contributed by atoms with Gasteiger partial charge in [0.15, 0.2) is 0 Å². The molecular weight excluding hydrogens is 260 g/mol. The molecule has 0 bridgehead atoms. The summed E-state index contributed by atoms with van der Waals surface area (Å²) in [5, 5.41) is 8.88. The molecule has 0 spiro atoms. The lowest BCUT2D eigenvalue weighted by Crippen LogP contribution is -2.46. The number of hydrogen-bond acceptors (Lipinski definition) is 3. The molecule has 6 nitrogen and oxygen atoms in total. The fraction of sp³-hybridized carbons (Fsp3) is 0.786. The lowest BCUT2D eigenvalue weighted by atomic mass is 10.1. The SMILES string of the molecule is O=C(O)CN(C(=O)CN1CCCCCCC1=O)C1CC1. The molecule has 0 aromatic carbocycles. The van der Waals surface area contributed by atoms with Crippen molar-refractivity contribution >= 4 is 17.8 Å². The maximum atomic E-state index is 12.2. The molecule has 1 heterocycles. The first-order valence-corrected chi connectivity index (χ1v) is 7.37. The zero-order valence-corrected chi connectivity index (χ0v) is 11.7. The molecule has 1 N–H and O–H groups in total. The van der Waals surface area contributed by atoms with Crippen molar-refractivity contribution in [3.05, 3.63) is 0 Å². The first-order chi connectivity index (χ1) is 9.58. The van der Waals surface area contributed by atoms with Gasteiger partial charge in [-0.1, -0.05) is 12.8 Å². The van der Waals surface area contributed by atoms with Gasteiger partial charge < -0.3 is 14.9 Å². The van der Waals surface area contributed by atoms with E-state index >= 15 is 0 Å². The van der Waals surface area contributed by atoms with E-state index < -0.39 is 5.97 Å². The average Bonchev–Trinajstić information content (AvgIpc) is 3.19. The van der Waals surface area contributed by atoms with Crippen LogP contribution in [0, 0.1) is 0 Å². The van der Waals surface area contributed by atoms with E-state index in [1.165, 1.54) is 4.90 Å². The zero-order valence-electron chi connectivity index (χ0n) is 11.7. The van der Waals surface area contributed by atoms with Crippen molar-refractivity contribution in [1.82, 2.24) is 9.80 Å². The van der Waals surface area contributed by atoms with Crippen molar-refractivity contribution in [2.24, 2.45) is 0 Å². The highest BCUT2D eigenvalue weighted by Gasteiger charge is 2.34. The molecule has 1 saturated carbocycles. The second-order valence-electron chi connectivity index (χ2n) is 5.63. The third kappa shape index (κ3) is 4.21. The molecule has 0 atom stereocenters. The van der Waals surface area contributed by atoms with E-state index in [1.807, 2.05) is 0 Å². The molecule has 2 amide bonds. The van der Waals surface area contributed by atoms with E-state index in [9.17, 15) is 14.4 Å². The minimum Gasteiger partial charge on any atom is -0.480 e. The summed E-state index contributed by atoms with van der Waals surface area (Å²) in [4.78, 5) is 38.0. The number of aliphatic carboxylic acids is 1. The van der Waals surface area contributed by atoms with Crippen LogP contribution in [0.2, 0.25) is 0 Å². The number of hydrogen-bond donors (Lipinski definition) is 1. The Hall–Kier alpha value is -1.59. The van der Waals surface area contributed by atoms with Crippen LogP contribution in [0.3, 0.4) is 0 Å². The minimum atomic E-state index is -0.996. The van der Waals surface area contributed by atoms with Crippen molar-refractivity contribution in [3.8, 4) is 0 Å². The second kappa shape index (κ2) is 6.72. The van der Waals surface area contributed by atoms with Gasteiger partial charge in [0.2, 0.25) is 11.8 Å². The Balaban J connectivity index is 1.93. The number of carboxylic acid groups (broad SMARTS) is 1. The van der Waals surface area contributed by atoms with Crippen LogP contribution in [0.5, 0.6) is 0 Å². The Bertz CT molecular complexity index is 393. The summed E-state index contributed by atoms with van der Waals surface area (Å²) < 4.78 is 0. The highest BCUT2D eigenvalue weighted by molar-refractivity contribution is 5.87. The number of amides is 2. The van der Waals surface area contributed by atoms with E-state index in [2.05, 4.69) is 0 Å². The molecule has 1 saturated heterocycles. The van der Waals surface area contributed by atoms with Crippen LogP contribution >= 0.6 is 0 Å². The van der Waals surface area contributed by atoms with Crippen LogP contribution in [0.25, 0.3) is 0 Å². The largest absolute Gasteiger partial charge is 0.480 e. The molecule has 0 radical (unpaired) electrons. The standard InChI is InChI=1S/C14H22N2O4/c17-12-5-3-1-2-4-8-15(12)9-13(18)16(10-14(19)20)11-6-7-11/h11H,1-10H2,(H,19,20). The van der Waals surface area contributed by atoms with Crippen LogP contribution in [0.15, 0.2) is 0 Å². The maximum Gasteiger partial charge on any atom is 0.323 e. The fourth-order valence-electron chi connectivity index (χ4n) is 2.59. The Morgan fingerprint density at radius 1 is 1.20 bits per heavy atom. The average molecular weight is 282 g/mol. The number of carbonyl (C=O) groups is 3. The summed E-state index contributed by atoms with van der Waals surface area (Å²) in [6.07, 6.45) is 6.18. The van der Waals surface area contributed by atoms with Crippen molar-refractivity contribution in [2.75, 3.05) is 19.6 Å². The predicted octanol–water partition coefficient (Wildman–Crippen LogP) is 0.855. The zero-order chi connectivity index (χ0) is 14.5. The summed E-state index contributed by atoms with van der Waals surface area (Å²) in [6.45, 7) is 0.379. The van der Waals surface area contributed by atoms with Gasteiger partial charge in [-0.15, -0.1) is 0 Å². The Kier molecular flexibility index (Phi) is 4.98. The first kappa shape index (κ1) is 14.8. The number of carbonyl (C=O) groups excluding carboxylic acids is 2. The van der Waals surface area contributed by atoms with Gasteiger partial charge in [-0.3, -0.25) is 14.4 Å². The molecule has 20 heavy (non-hydrogen) atoms. The first-order valence-electron chi connectivity index (χ1n) is 7.37. The van der Waals surface area contributed by atoms with Gasteiger partial charge in [-0.05, 0) is 25.7 Å². The van der Waals surface area contributed by atoms with Crippen LogP contribution in [0.1, 0.15) is 44.9 Å². The molecule has 0 unspecified atom stereocenters. The smallest absolute Gasteiger partial charge is 0.323 e. The summed E-state index contributed by atoms with van der Waals surface area (Å²) >= 11 is 0. The summed E-state index contributed by atoms with van der Waals surface area (Å²) in [7, 11) is 0. The van der Waals surface area contributed by atoms with Gasteiger partial charge in [0, 0.05) is 19.0 Å². The van der Waals surface area contributed by atoms with E-state index in [0.717, 1.165) is 38.5 Å². The summed E-state index contributed by atoms with van der Waals surface area (Å²) in [5.41, 5.74) is 0. The minimum absolute atomic E-state index is 0.0177. The molecule has 2 rings (SSSR count). The Morgan fingerprint density at radius 3 is 2.55 bits per heavy atom. The summed E-state index contributed by atoms with van der Waals surface area (Å²) in [5.74, 6) is -1.21. The van der Waals surface area contributed by atoms with Crippen LogP contribution < -0.4 is 0 Å². The lowest BCUT2D eigenvalue weighted by Gasteiger charge is -2.28. The number of carboxylic acids is 1. The number of likely N-dealkylation sites (tertiary alicyclic amines) is 1. The topological polar surface area (TPSA) is 77.9 Å². The Labute approximate surface area is 118 Å². The Morgan fingerprint density at radius 2 is 1.90 bits per heavy atom. The fourth-order valence-corrected chi connectivity index (χ4v) is 2.59. The van der Waals surface area contributed by atoms with Gasteiger partial charge in [0.1, 0.15) is 6.54 Å². The molecule has 1 aliphatic carbocycles. The highest BCUT2D eigenvalue weighted by Crippen LogP contribution is 2.27. The quantitative estimate of drug-likeness (QED) is 0.811. The van der Waals surface area contributed by atoms with Crippen LogP contribution in [-0.4, -0.2) is 58.4 Å². The van der Waals surface area contributed by atoms with Gasteiger partial charge in [0.05, 0.1) is 6.54 Å². The van der Waals surface area contributed by atoms with Gasteiger partial charge in [-0.25, -0.2) is 0 Å². The van der Waals surface area contributed by atoms with Gasteiger partial charge in [-0.2, -0.15) is 0 Å². The second-order valence-corrected chi connectivity index (χ2v) is 5.63. The van der Waals surface area contributed by atoms with Crippen molar-refractivity contribution in [1.29, 1.82) is 0 Å². The van der Waals surface area contributed by atoms with Gasteiger partial charge >= 0.3 is 5.97 Å². The van der Waals surface area contributed by atoms with Gasteiger partial charge in [0.25, 0.3) is 0 Å². The number of rotatable bonds is 5. The summed E-state index contributed by atoms with van der Waals surface area (Å²) in [6, 6.07) is 0.0588. The number of nitrogens with zero attached hydrogens (tertiary/aromatic N) is 2. The van der Waals surface area contributed by atoms with E-state index in [0.29, 0.717) is 13.0 Å². The molecule has 6 heteroatoms. The van der Waals surface area contributed by atoms with Crippen LogP contribution in [-0.2, 0) is 14.4 Å². The molecular formula is C14H22N2O4. The highest BCUT2D eigenvalue weighted by atomic mass is 16.4. The maximum absolute atomic E-state index is 12.2. The molecule has 1 aliphatic heterocycles. The van der Waals surface area contributed by atoms with Crippen LogP contribution in [0.4, 0.5) is 0 Å². The van der Waals surface area contributed by atoms with E-state index in [1.54, 1.807) is 4.90 Å². The predicted molar refractivity (Wildman–Crippen MR) is 72.0 cm³/mol. The molecule has 112 valence electrons. The normalized spacial score (nSPS) is 20.2. The van der Waals surface area contributed by atoms with E-state index in [-0.39, 0.29) is 30.9 Å². The molecule has 2 fully saturated rings. The third-order valence-electron chi connectivity index (χ3n) is 3.86. The third-order valence-corrected chi connectivity index (χ3v) is 3.86.